The van der Waals surface area contributed by atoms with Crippen LogP contribution >= 0.6 is 11.6 Å². The summed E-state index contributed by atoms with van der Waals surface area (Å²) in [6.45, 7) is 0. The number of hydrogen-bond donors (Lipinski definition) is 0. The molecule has 0 fully saturated rings. The normalized spacial score (nSPS) is 10.7. The van der Waals surface area contributed by atoms with E-state index >= 15 is 0 Å². The van der Waals surface area contributed by atoms with Crippen molar-refractivity contribution in [3.8, 4) is 22.5 Å². The third kappa shape index (κ3) is 2.30. The molecule has 20 heavy (non-hydrogen) atoms. The van der Waals surface area contributed by atoms with Crippen LogP contribution in [0.25, 0.3) is 22.5 Å². The molecule has 1 heterocycles. The third-order valence-corrected chi connectivity index (χ3v) is 3.52. The molecule has 0 amide bonds. The number of tetrazole rings is 1. The van der Waals surface area contributed by atoms with Gasteiger partial charge in [-0.1, -0.05) is 48.5 Å². The Hall–Kier alpha value is -2.20. The highest BCUT2D eigenvalue weighted by Gasteiger charge is 2.11. The molecule has 2 aromatic carbocycles. The maximum atomic E-state index is 5.83. The van der Waals surface area contributed by atoms with Crippen molar-refractivity contribution in [2.75, 3.05) is 0 Å². The van der Waals surface area contributed by atoms with Gasteiger partial charge < -0.3 is 0 Å². The largest absolute Gasteiger partial charge is 0.229 e. The summed E-state index contributed by atoms with van der Waals surface area (Å²) in [7, 11) is 1.84. The maximum Gasteiger partial charge on any atom is 0.182 e. The zero-order valence-electron chi connectivity index (χ0n) is 11.0. The van der Waals surface area contributed by atoms with Crippen LogP contribution in [0.4, 0.5) is 0 Å². The smallest absolute Gasteiger partial charge is 0.182 e. The molecule has 4 nitrogen and oxygen atoms in total. The first-order chi connectivity index (χ1) is 9.79. The number of benzene rings is 2. The number of nitrogens with zero attached hydrogens (tertiary/aromatic N) is 4. The van der Waals surface area contributed by atoms with Crippen molar-refractivity contribution in [3.05, 3.63) is 54.1 Å². The maximum absolute atomic E-state index is 5.83. The fourth-order valence-electron chi connectivity index (χ4n) is 2.16. The molecule has 3 rings (SSSR count). The van der Waals surface area contributed by atoms with Crippen LogP contribution in [0.15, 0.2) is 48.5 Å². The zero-order valence-corrected chi connectivity index (χ0v) is 11.7. The van der Waals surface area contributed by atoms with Gasteiger partial charge in [-0.25, -0.2) is 4.68 Å². The minimum atomic E-state index is 0.523. The van der Waals surface area contributed by atoms with Gasteiger partial charge in [0.25, 0.3) is 0 Å². The van der Waals surface area contributed by atoms with Crippen molar-refractivity contribution in [1.82, 2.24) is 20.2 Å². The van der Waals surface area contributed by atoms with Gasteiger partial charge in [0.1, 0.15) is 0 Å². The zero-order chi connectivity index (χ0) is 13.9. The lowest BCUT2D eigenvalue weighted by atomic mass is 9.98. The van der Waals surface area contributed by atoms with Crippen molar-refractivity contribution < 1.29 is 0 Å². The highest BCUT2D eigenvalue weighted by atomic mass is 35.5. The van der Waals surface area contributed by atoms with Crippen molar-refractivity contribution >= 4 is 11.6 Å². The first kappa shape index (κ1) is 12.8. The van der Waals surface area contributed by atoms with Gasteiger partial charge in [0.05, 0.1) is 0 Å². The molecule has 0 aliphatic rings. The van der Waals surface area contributed by atoms with Gasteiger partial charge in [0.15, 0.2) is 5.82 Å². The van der Waals surface area contributed by atoms with E-state index < -0.39 is 0 Å². The van der Waals surface area contributed by atoms with Gasteiger partial charge in [-0.15, -0.1) is 16.7 Å². The summed E-state index contributed by atoms with van der Waals surface area (Å²) in [5.41, 5.74) is 4.34. The summed E-state index contributed by atoms with van der Waals surface area (Å²) >= 11 is 5.83. The van der Waals surface area contributed by atoms with E-state index in [0.29, 0.717) is 5.88 Å². The lowest BCUT2D eigenvalue weighted by molar-refractivity contribution is 0.715. The van der Waals surface area contributed by atoms with Crippen LogP contribution in [-0.2, 0) is 12.9 Å². The van der Waals surface area contributed by atoms with Gasteiger partial charge in [-0.2, -0.15) is 0 Å². The summed E-state index contributed by atoms with van der Waals surface area (Å²) in [5, 5.41) is 11.7. The van der Waals surface area contributed by atoms with E-state index in [1.54, 1.807) is 4.68 Å². The average molecular weight is 285 g/mol. The molecule has 0 aliphatic carbocycles. The van der Waals surface area contributed by atoms with E-state index in [1.165, 1.54) is 0 Å². The van der Waals surface area contributed by atoms with Gasteiger partial charge in [0, 0.05) is 18.5 Å². The topological polar surface area (TPSA) is 43.6 Å². The number of hydrogen-bond acceptors (Lipinski definition) is 3. The summed E-state index contributed by atoms with van der Waals surface area (Å²) in [6, 6.07) is 16.3. The predicted octanol–water partition coefficient (Wildman–Crippen LogP) is 3.28. The van der Waals surface area contributed by atoms with Gasteiger partial charge in [-0.3, -0.25) is 0 Å². The SMILES string of the molecule is Cn1nnnc1-c1ccccc1-c1ccc(CCl)cc1. The molecule has 0 saturated heterocycles. The third-order valence-electron chi connectivity index (χ3n) is 3.21. The average Bonchev–Trinajstić information content (AvgIpc) is 2.93. The Morgan fingerprint density at radius 3 is 2.30 bits per heavy atom. The monoisotopic (exact) mass is 284 g/mol. The summed E-state index contributed by atoms with van der Waals surface area (Å²) < 4.78 is 1.67. The quantitative estimate of drug-likeness (QED) is 0.693. The van der Waals surface area contributed by atoms with Crippen molar-refractivity contribution in [2.45, 2.75) is 5.88 Å². The van der Waals surface area contributed by atoms with Gasteiger partial charge >= 0.3 is 0 Å². The second kappa shape index (κ2) is 5.43. The molecule has 1 aromatic heterocycles. The van der Waals surface area contributed by atoms with Crippen LogP contribution < -0.4 is 0 Å². The molecule has 0 spiro atoms. The molecule has 100 valence electrons. The highest BCUT2D eigenvalue weighted by Crippen LogP contribution is 2.30. The lowest BCUT2D eigenvalue weighted by Gasteiger charge is -2.08. The van der Waals surface area contributed by atoms with E-state index in [0.717, 1.165) is 28.1 Å². The molecule has 0 N–H and O–H groups in total. The van der Waals surface area contributed by atoms with Crippen molar-refractivity contribution in [3.63, 3.8) is 0 Å². The van der Waals surface area contributed by atoms with E-state index in [4.69, 9.17) is 11.6 Å². The number of rotatable bonds is 3. The Morgan fingerprint density at radius 1 is 1.00 bits per heavy atom. The van der Waals surface area contributed by atoms with Crippen molar-refractivity contribution in [2.24, 2.45) is 7.05 Å². The fraction of sp³-hybridized carbons (Fsp3) is 0.133. The minimum absolute atomic E-state index is 0.523. The molecule has 0 aliphatic heterocycles. The van der Waals surface area contributed by atoms with Crippen LogP contribution in [0, 0.1) is 0 Å². The molecule has 0 bridgehead atoms. The second-order valence-corrected chi connectivity index (χ2v) is 4.77. The molecule has 0 radical (unpaired) electrons. The van der Waals surface area contributed by atoms with E-state index in [9.17, 15) is 0 Å². The van der Waals surface area contributed by atoms with E-state index in [2.05, 4.69) is 33.7 Å². The molecule has 0 saturated carbocycles. The lowest BCUT2D eigenvalue weighted by Crippen LogP contribution is -1.96. The standard InChI is InChI=1S/C15H13ClN4/c1-20-15(17-18-19-20)14-5-3-2-4-13(14)12-8-6-11(10-16)7-9-12/h2-9H,10H2,1H3. The predicted molar refractivity (Wildman–Crippen MR) is 79.2 cm³/mol. The van der Waals surface area contributed by atoms with E-state index in [-0.39, 0.29) is 0 Å². The summed E-state index contributed by atoms with van der Waals surface area (Å²) in [4.78, 5) is 0. The van der Waals surface area contributed by atoms with Crippen LogP contribution in [0.2, 0.25) is 0 Å². The van der Waals surface area contributed by atoms with E-state index in [1.807, 2.05) is 37.4 Å². The molecule has 0 atom stereocenters. The Bertz CT molecular complexity index is 719. The van der Waals surface area contributed by atoms with Crippen molar-refractivity contribution in [1.29, 1.82) is 0 Å². The number of halogens is 1. The Morgan fingerprint density at radius 2 is 1.70 bits per heavy atom. The van der Waals surface area contributed by atoms with Crippen LogP contribution in [0.3, 0.4) is 0 Å². The summed E-state index contributed by atoms with van der Waals surface area (Å²) in [5.74, 6) is 1.27. The van der Waals surface area contributed by atoms with Crippen LogP contribution in [0.1, 0.15) is 5.56 Å². The van der Waals surface area contributed by atoms with Gasteiger partial charge in [-0.05, 0) is 27.1 Å². The number of aromatic nitrogens is 4. The highest BCUT2D eigenvalue weighted by molar-refractivity contribution is 6.17. The molecular formula is C15H13ClN4. The molecule has 3 aromatic rings. The fourth-order valence-corrected chi connectivity index (χ4v) is 2.34. The minimum Gasteiger partial charge on any atom is -0.229 e. The first-order valence-corrected chi connectivity index (χ1v) is 6.80. The van der Waals surface area contributed by atoms with Gasteiger partial charge in [0.2, 0.25) is 0 Å². The Labute approximate surface area is 122 Å². The second-order valence-electron chi connectivity index (χ2n) is 4.50. The molecule has 0 unspecified atom stereocenters. The number of alkyl halides is 1. The first-order valence-electron chi connectivity index (χ1n) is 6.26. The molecular weight excluding hydrogens is 272 g/mol. The Balaban J connectivity index is 2.12. The van der Waals surface area contributed by atoms with Crippen LogP contribution in [0.5, 0.6) is 0 Å². The Kier molecular flexibility index (Phi) is 3.48. The number of aryl methyl sites for hydroxylation is 1. The molecule has 5 heteroatoms. The van der Waals surface area contributed by atoms with Crippen LogP contribution in [-0.4, -0.2) is 20.2 Å². The summed E-state index contributed by atoms with van der Waals surface area (Å²) in [6.07, 6.45) is 0.